The Morgan fingerprint density at radius 1 is 1.25 bits per heavy atom. The first-order valence-corrected chi connectivity index (χ1v) is 5.80. The minimum atomic E-state index is -4.11. The lowest BCUT2D eigenvalue weighted by molar-refractivity contribution is -0.137. The zero-order valence-electron chi connectivity index (χ0n) is 9.61. The summed E-state index contributed by atoms with van der Waals surface area (Å²) in [5, 5.41) is 10.1. The van der Waals surface area contributed by atoms with Crippen molar-refractivity contribution in [2.45, 2.75) is 63.6 Å². The van der Waals surface area contributed by atoms with E-state index in [1.54, 1.807) is 6.92 Å². The average Bonchev–Trinajstić information content (AvgIpc) is 2.17. The zero-order valence-corrected chi connectivity index (χ0v) is 9.61. The fourth-order valence-corrected chi connectivity index (χ4v) is 2.12. The molecule has 0 amide bonds. The van der Waals surface area contributed by atoms with E-state index in [1.807, 2.05) is 6.08 Å². The molecule has 0 aliphatic heterocycles. The van der Waals surface area contributed by atoms with E-state index >= 15 is 0 Å². The first-order chi connectivity index (χ1) is 7.31. The van der Waals surface area contributed by atoms with Crippen molar-refractivity contribution in [3.63, 3.8) is 0 Å². The molecule has 0 saturated carbocycles. The number of alkyl halides is 3. The smallest absolute Gasteiger partial charge is 0.386 e. The maximum atomic E-state index is 12.0. The molecule has 4 heteroatoms. The highest BCUT2D eigenvalue weighted by molar-refractivity contribution is 5.16. The summed E-state index contributed by atoms with van der Waals surface area (Å²) in [6.45, 7) is 1.63. The molecular weight excluding hydrogens is 217 g/mol. The molecular formula is C12H19F3O. The van der Waals surface area contributed by atoms with Crippen molar-refractivity contribution < 1.29 is 18.3 Å². The number of rotatable bonds is 4. The summed E-state index contributed by atoms with van der Waals surface area (Å²) >= 11 is 0. The van der Waals surface area contributed by atoms with Crippen molar-refractivity contribution in [2.24, 2.45) is 0 Å². The van der Waals surface area contributed by atoms with Gasteiger partial charge in [0.15, 0.2) is 0 Å². The molecule has 1 aliphatic rings. The molecule has 0 fully saturated rings. The Hall–Kier alpha value is -0.510. The second-order valence-corrected chi connectivity index (χ2v) is 4.72. The molecule has 16 heavy (non-hydrogen) atoms. The molecule has 0 radical (unpaired) electrons. The molecule has 1 nitrogen and oxygen atoms in total. The molecule has 1 aliphatic carbocycles. The predicted molar refractivity (Wildman–Crippen MR) is 57.1 cm³/mol. The molecule has 1 atom stereocenters. The Morgan fingerprint density at radius 3 is 2.44 bits per heavy atom. The van der Waals surface area contributed by atoms with Crippen molar-refractivity contribution in [1.29, 1.82) is 0 Å². The van der Waals surface area contributed by atoms with Gasteiger partial charge in [-0.05, 0) is 51.0 Å². The maximum absolute atomic E-state index is 12.0. The molecule has 1 rings (SSSR count). The highest BCUT2D eigenvalue weighted by Gasteiger charge is 2.30. The van der Waals surface area contributed by atoms with E-state index in [4.69, 9.17) is 0 Å². The summed E-state index contributed by atoms with van der Waals surface area (Å²) in [5.41, 5.74) is -0.132. The van der Waals surface area contributed by atoms with Gasteiger partial charge in [-0.25, -0.2) is 0 Å². The third-order valence-electron chi connectivity index (χ3n) is 3.11. The third-order valence-corrected chi connectivity index (χ3v) is 3.11. The van der Waals surface area contributed by atoms with Gasteiger partial charge >= 0.3 is 6.18 Å². The highest BCUT2D eigenvalue weighted by atomic mass is 19.4. The van der Waals surface area contributed by atoms with Gasteiger partial charge in [0.1, 0.15) is 0 Å². The van der Waals surface area contributed by atoms with E-state index in [0.29, 0.717) is 0 Å². The topological polar surface area (TPSA) is 20.2 Å². The molecule has 0 spiro atoms. The van der Waals surface area contributed by atoms with Crippen LogP contribution in [0.2, 0.25) is 0 Å². The summed E-state index contributed by atoms with van der Waals surface area (Å²) in [5.74, 6) is 0. The largest absolute Gasteiger partial charge is 0.389 e. The predicted octanol–water partition coefficient (Wildman–Crippen LogP) is 3.97. The average molecular weight is 236 g/mol. The molecule has 0 aromatic heterocycles. The Balaban J connectivity index is 2.42. The van der Waals surface area contributed by atoms with Crippen LogP contribution in [0.4, 0.5) is 13.2 Å². The molecule has 0 bridgehead atoms. The summed E-state index contributed by atoms with van der Waals surface area (Å²) in [6.07, 6.45) is 1.14. The summed E-state index contributed by atoms with van der Waals surface area (Å²) in [6, 6.07) is 0. The summed E-state index contributed by atoms with van der Waals surface area (Å²) in [4.78, 5) is 0. The van der Waals surface area contributed by atoms with Gasteiger partial charge in [-0.3, -0.25) is 0 Å². The number of hydrogen-bond acceptors (Lipinski definition) is 1. The number of hydrogen-bond donors (Lipinski definition) is 1. The van der Waals surface area contributed by atoms with Crippen LogP contribution in [0.3, 0.4) is 0 Å². The van der Waals surface area contributed by atoms with E-state index in [1.165, 1.54) is 0 Å². The molecule has 94 valence electrons. The molecule has 0 aromatic rings. The van der Waals surface area contributed by atoms with E-state index in [-0.39, 0.29) is 12.8 Å². The Labute approximate surface area is 94.3 Å². The van der Waals surface area contributed by atoms with Crippen molar-refractivity contribution in [3.8, 4) is 0 Å². The fraction of sp³-hybridized carbons (Fsp3) is 0.833. The van der Waals surface area contributed by atoms with Gasteiger partial charge in [-0.2, -0.15) is 13.2 Å². The number of allylic oxidation sites excluding steroid dienone is 1. The Morgan fingerprint density at radius 2 is 1.94 bits per heavy atom. The standard InChI is InChI=1S/C12H19F3O/c1-11(16,8-5-9-12(13,14)15)10-6-3-2-4-7-10/h6,16H,2-5,7-9H2,1H3. The first kappa shape index (κ1) is 13.6. The molecule has 1 N–H and O–H groups in total. The van der Waals surface area contributed by atoms with Gasteiger partial charge in [-0.15, -0.1) is 0 Å². The molecule has 0 aromatic carbocycles. The van der Waals surface area contributed by atoms with Gasteiger partial charge in [-0.1, -0.05) is 6.08 Å². The SMILES string of the molecule is CC(O)(CCCC(F)(F)F)C1=CCCCC1. The van der Waals surface area contributed by atoms with Crippen LogP contribution in [0, 0.1) is 0 Å². The first-order valence-electron chi connectivity index (χ1n) is 5.80. The number of halogens is 3. The van der Waals surface area contributed by atoms with Gasteiger partial charge in [0.05, 0.1) is 5.60 Å². The van der Waals surface area contributed by atoms with Crippen LogP contribution in [0.1, 0.15) is 51.9 Å². The van der Waals surface area contributed by atoms with Crippen LogP contribution in [-0.4, -0.2) is 16.9 Å². The Kier molecular flexibility index (Phi) is 4.42. The molecule has 1 unspecified atom stereocenters. The van der Waals surface area contributed by atoms with Gasteiger partial charge in [0.2, 0.25) is 0 Å². The highest BCUT2D eigenvalue weighted by Crippen LogP contribution is 2.32. The van der Waals surface area contributed by atoms with Crippen LogP contribution in [0.25, 0.3) is 0 Å². The minimum absolute atomic E-state index is 0.00611. The van der Waals surface area contributed by atoms with Crippen LogP contribution in [-0.2, 0) is 0 Å². The van der Waals surface area contributed by atoms with Gasteiger partial charge < -0.3 is 5.11 Å². The summed E-state index contributed by atoms with van der Waals surface area (Å²) in [7, 11) is 0. The lowest BCUT2D eigenvalue weighted by Crippen LogP contribution is -2.28. The maximum Gasteiger partial charge on any atom is 0.389 e. The molecule has 0 saturated heterocycles. The second kappa shape index (κ2) is 5.21. The van der Waals surface area contributed by atoms with Crippen molar-refractivity contribution in [3.05, 3.63) is 11.6 Å². The van der Waals surface area contributed by atoms with E-state index in [0.717, 1.165) is 31.3 Å². The van der Waals surface area contributed by atoms with E-state index in [2.05, 4.69) is 0 Å². The second-order valence-electron chi connectivity index (χ2n) is 4.72. The van der Waals surface area contributed by atoms with Crippen molar-refractivity contribution in [2.75, 3.05) is 0 Å². The van der Waals surface area contributed by atoms with Gasteiger partial charge in [0, 0.05) is 6.42 Å². The van der Waals surface area contributed by atoms with Crippen molar-refractivity contribution >= 4 is 0 Å². The van der Waals surface area contributed by atoms with Crippen LogP contribution in [0.15, 0.2) is 11.6 Å². The summed E-state index contributed by atoms with van der Waals surface area (Å²) < 4.78 is 35.9. The normalized spacial score (nSPS) is 21.4. The molecule has 0 heterocycles. The van der Waals surface area contributed by atoms with Gasteiger partial charge in [0.25, 0.3) is 0 Å². The van der Waals surface area contributed by atoms with E-state index in [9.17, 15) is 18.3 Å². The quantitative estimate of drug-likeness (QED) is 0.732. The van der Waals surface area contributed by atoms with Crippen LogP contribution >= 0.6 is 0 Å². The van der Waals surface area contributed by atoms with Crippen molar-refractivity contribution in [1.82, 2.24) is 0 Å². The van der Waals surface area contributed by atoms with E-state index < -0.39 is 18.2 Å². The van der Waals surface area contributed by atoms with Crippen LogP contribution in [0.5, 0.6) is 0 Å². The zero-order chi connectivity index (χ0) is 12.2. The minimum Gasteiger partial charge on any atom is -0.386 e. The lowest BCUT2D eigenvalue weighted by Gasteiger charge is -2.29. The number of aliphatic hydroxyl groups is 1. The fourth-order valence-electron chi connectivity index (χ4n) is 2.12. The Bertz CT molecular complexity index is 253. The monoisotopic (exact) mass is 236 g/mol. The third kappa shape index (κ3) is 4.56. The lowest BCUT2D eigenvalue weighted by atomic mass is 9.83. The van der Waals surface area contributed by atoms with Crippen LogP contribution < -0.4 is 0 Å².